The van der Waals surface area contributed by atoms with E-state index >= 15 is 0 Å². The van der Waals surface area contributed by atoms with Gasteiger partial charge in [0, 0.05) is 38.3 Å². The van der Waals surface area contributed by atoms with E-state index in [-0.39, 0.29) is 36.6 Å². The Labute approximate surface area is 359 Å². The molecule has 2 saturated carbocycles. The van der Waals surface area contributed by atoms with Crippen LogP contribution < -0.4 is 20.4 Å². The van der Waals surface area contributed by atoms with E-state index in [9.17, 15) is 24.3 Å². The van der Waals surface area contributed by atoms with Gasteiger partial charge in [0.15, 0.2) is 0 Å². The van der Waals surface area contributed by atoms with Gasteiger partial charge in [-0.15, -0.1) is 23.5 Å². The third-order valence-corrected chi connectivity index (χ3v) is 14.0. The number of hydrogen-bond acceptors (Lipinski definition) is 11. The predicted octanol–water partition coefficient (Wildman–Crippen LogP) is 8.05. The standard InChI is InChI=1S/C22H33N3O4S.C22H33N3O3S/c1-2-13-30-22-18(21(28)23-16-7-4-3-5-8-16)10-11-19(24-22)25-12-6-9-17(14-25)29-15-20(26)27;1-3-14-29-20-17(19(26)23-16-8-5-4-6-9-16)10-11-18(24-20)25-13-7-12-22(2,15-25)21(27)28/h10-11,16-17H,2-9,12-15H2,1H3,(H,23,28)(H,26,27);10-11,16H,3-9,12-15H2,1-2H3,(H,23,26)(H,27,28). The van der Waals surface area contributed by atoms with Gasteiger partial charge in [0.25, 0.3) is 11.8 Å². The molecule has 0 radical (unpaired) electrons. The molecule has 2 atom stereocenters. The molecule has 2 amide bonds. The highest BCUT2D eigenvalue weighted by molar-refractivity contribution is 7.99. The lowest BCUT2D eigenvalue weighted by atomic mass is 9.82. The quantitative estimate of drug-likeness (QED) is 0.120. The molecule has 4 fully saturated rings. The van der Waals surface area contributed by atoms with Crippen molar-refractivity contribution in [1.82, 2.24) is 20.6 Å². The number of carbonyl (C=O) groups is 4. The largest absolute Gasteiger partial charge is 0.481 e. The first kappa shape index (κ1) is 46.5. The Balaban J connectivity index is 0.000000224. The van der Waals surface area contributed by atoms with Gasteiger partial charge in [-0.2, -0.15) is 0 Å². The fraction of sp³-hybridized carbons (Fsp3) is 0.682. The molecule has 0 bridgehead atoms. The maximum Gasteiger partial charge on any atom is 0.329 e. The molecule has 6 rings (SSSR count). The number of carbonyl (C=O) groups excluding carboxylic acids is 2. The van der Waals surface area contributed by atoms with Gasteiger partial charge in [0.05, 0.1) is 22.6 Å². The van der Waals surface area contributed by atoms with Crippen LogP contribution in [0.5, 0.6) is 0 Å². The Morgan fingerprint density at radius 1 is 0.729 bits per heavy atom. The first-order chi connectivity index (χ1) is 28.5. The predicted molar refractivity (Wildman–Crippen MR) is 235 cm³/mol. The smallest absolute Gasteiger partial charge is 0.329 e. The van der Waals surface area contributed by atoms with E-state index in [1.54, 1.807) is 30.4 Å². The zero-order chi connectivity index (χ0) is 42.2. The molecule has 2 aromatic heterocycles. The minimum absolute atomic E-state index is 0.0270. The molecule has 4 aliphatic rings. The van der Waals surface area contributed by atoms with Gasteiger partial charge in [-0.05, 0) is 107 Å². The van der Waals surface area contributed by atoms with Crippen LogP contribution in [0.1, 0.15) is 144 Å². The monoisotopic (exact) mass is 854 g/mol. The molecular formula is C44H66N6O7S2. The molecule has 2 aliphatic carbocycles. The number of ether oxygens (including phenoxy) is 1. The Morgan fingerprint density at radius 3 is 1.73 bits per heavy atom. The van der Waals surface area contributed by atoms with Crippen LogP contribution in [0.4, 0.5) is 11.6 Å². The van der Waals surface area contributed by atoms with Gasteiger partial charge in [-0.25, -0.2) is 14.8 Å². The second-order valence-corrected chi connectivity index (χ2v) is 18.8. The summed E-state index contributed by atoms with van der Waals surface area (Å²) in [6.45, 7) is 8.47. The van der Waals surface area contributed by atoms with Crippen molar-refractivity contribution < 1.29 is 34.1 Å². The van der Waals surface area contributed by atoms with E-state index in [0.29, 0.717) is 30.6 Å². The normalized spacial score (nSPS) is 21.6. The third-order valence-electron chi connectivity index (χ3n) is 11.6. The fourth-order valence-corrected chi connectivity index (χ4v) is 10.0. The Kier molecular flexibility index (Phi) is 18.5. The van der Waals surface area contributed by atoms with E-state index in [1.807, 2.05) is 24.3 Å². The van der Waals surface area contributed by atoms with Crippen LogP contribution in [-0.4, -0.2) is 106 Å². The third kappa shape index (κ3) is 14.0. The van der Waals surface area contributed by atoms with Gasteiger partial charge >= 0.3 is 11.9 Å². The van der Waals surface area contributed by atoms with Crippen LogP contribution in [-0.2, 0) is 14.3 Å². The molecular weight excluding hydrogens is 789 g/mol. The average molecular weight is 855 g/mol. The summed E-state index contributed by atoms with van der Waals surface area (Å²) in [7, 11) is 0. The molecule has 0 aromatic carbocycles. The molecule has 2 aromatic rings. The number of amides is 2. The molecule has 2 aliphatic heterocycles. The van der Waals surface area contributed by atoms with Crippen molar-refractivity contribution in [3.8, 4) is 0 Å². The van der Waals surface area contributed by atoms with Crippen molar-refractivity contribution in [3.05, 3.63) is 35.4 Å². The van der Waals surface area contributed by atoms with Crippen molar-refractivity contribution in [3.63, 3.8) is 0 Å². The number of anilines is 2. The number of carboxylic acid groups (broad SMARTS) is 2. The maximum atomic E-state index is 12.9. The topological polar surface area (TPSA) is 174 Å². The van der Waals surface area contributed by atoms with Gasteiger partial charge in [0.1, 0.15) is 28.3 Å². The van der Waals surface area contributed by atoms with E-state index in [4.69, 9.17) is 19.8 Å². The average Bonchev–Trinajstić information content (AvgIpc) is 3.25. The van der Waals surface area contributed by atoms with Gasteiger partial charge in [0.2, 0.25) is 0 Å². The number of pyridine rings is 2. The van der Waals surface area contributed by atoms with Crippen molar-refractivity contribution in [2.24, 2.45) is 5.41 Å². The summed E-state index contributed by atoms with van der Waals surface area (Å²) in [4.78, 5) is 62.2. The number of thioether (sulfide) groups is 2. The Bertz CT molecular complexity index is 1710. The minimum Gasteiger partial charge on any atom is -0.481 e. The number of aliphatic carboxylic acids is 2. The fourth-order valence-electron chi connectivity index (χ4n) is 8.28. The number of nitrogens with one attached hydrogen (secondary N) is 2. The summed E-state index contributed by atoms with van der Waals surface area (Å²) in [5, 5.41) is 26.4. The molecule has 2 saturated heterocycles. The van der Waals surface area contributed by atoms with E-state index in [2.05, 4.69) is 34.3 Å². The number of aromatic nitrogens is 2. The van der Waals surface area contributed by atoms with Crippen molar-refractivity contribution in [1.29, 1.82) is 0 Å². The number of hydrogen-bond donors (Lipinski definition) is 4. The first-order valence-corrected chi connectivity index (χ1v) is 23.9. The van der Waals surface area contributed by atoms with Crippen LogP contribution in [0.2, 0.25) is 0 Å². The molecule has 15 heteroatoms. The van der Waals surface area contributed by atoms with Crippen molar-refractivity contribution in [2.45, 2.75) is 152 Å². The highest BCUT2D eigenvalue weighted by Gasteiger charge is 2.38. The van der Waals surface area contributed by atoms with Crippen LogP contribution in [0.3, 0.4) is 0 Å². The van der Waals surface area contributed by atoms with E-state index in [1.165, 1.54) is 38.5 Å². The lowest BCUT2D eigenvalue weighted by molar-refractivity contribution is -0.148. The van der Waals surface area contributed by atoms with Crippen molar-refractivity contribution >= 4 is 58.9 Å². The first-order valence-electron chi connectivity index (χ1n) is 22.0. The number of rotatable bonds is 16. The molecule has 13 nitrogen and oxygen atoms in total. The summed E-state index contributed by atoms with van der Waals surface area (Å²) >= 11 is 3.23. The molecule has 4 heterocycles. The summed E-state index contributed by atoms with van der Waals surface area (Å²) in [5.74, 6) is 1.63. The summed E-state index contributed by atoms with van der Waals surface area (Å²) in [6, 6.07) is 8.07. The van der Waals surface area contributed by atoms with E-state index in [0.717, 1.165) is 104 Å². The van der Waals surface area contributed by atoms with Gasteiger partial charge < -0.3 is 35.4 Å². The SMILES string of the molecule is CCCSc1nc(N2CCCC(C)(C(=O)O)C2)ccc1C(=O)NC1CCCCC1.CCCSc1nc(N2CCCC(OCC(=O)O)C2)ccc1C(=O)NC1CCCCC1. The summed E-state index contributed by atoms with van der Waals surface area (Å²) in [5.41, 5.74) is 0.530. The van der Waals surface area contributed by atoms with E-state index < -0.39 is 17.4 Å². The second-order valence-electron chi connectivity index (χ2n) is 16.7. The highest BCUT2D eigenvalue weighted by atomic mass is 32.2. The molecule has 2 unspecified atom stereocenters. The van der Waals surface area contributed by atoms with Crippen LogP contribution in [0.15, 0.2) is 34.3 Å². The Hall–Kier alpha value is -3.56. The summed E-state index contributed by atoms with van der Waals surface area (Å²) in [6.07, 6.45) is 16.6. The van der Waals surface area contributed by atoms with Crippen molar-refractivity contribution in [2.75, 3.05) is 54.1 Å². The lowest BCUT2D eigenvalue weighted by Gasteiger charge is -2.38. The number of nitrogens with zero attached hydrogens (tertiary/aromatic N) is 4. The van der Waals surface area contributed by atoms with Crippen LogP contribution >= 0.6 is 23.5 Å². The minimum atomic E-state index is -0.947. The zero-order valence-corrected chi connectivity index (χ0v) is 37.0. The molecule has 59 heavy (non-hydrogen) atoms. The molecule has 0 spiro atoms. The molecule has 4 N–H and O–H groups in total. The number of carboxylic acids is 2. The Morgan fingerprint density at radius 2 is 1.24 bits per heavy atom. The zero-order valence-electron chi connectivity index (χ0n) is 35.3. The molecule has 326 valence electrons. The van der Waals surface area contributed by atoms with Crippen LogP contribution in [0, 0.1) is 5.41 Å². The van der Waals surface area contributed by atoms with Gasteiger partial charge in [-0.1, -0.05) is 52.4 Å². The number of piperidine rings is 2. The lowest BCUT2D eigenvalue weighted by Crippen LogP contribution is -2.46. The van der Waals surface area contributed by atoms with Gasteiger partial charge in [-0.3, -0.25) is 14.4 Å². The maximum absolute atomic E-state index is 12.9. The van der Waals surface area contributed by atoms with Crippen LogP contribution in [0.25, 0.3) is 0 Å². The summed E-state index contributed by atoms with van der Waals surface area (Å²) < 4.78 is 5.50. The highest BCUT2D eigenvalue weighted by Crippen LogP contribution is 2.34. The second kappa shape index (κ2) is 23.4.